The smallest absolute Gasteiger partial charge is 0.304 e. The normalized spacial score (nSPS) is 30.5. The Bertz CT molecular complexity index is 152. The minimum Gasteiger partial charge on any atom is -0.304 e. The number of hydrogen-bond donors (Lipinski definition) is 1. The number of halogens is 3. The SMILES string of the molecule is NOCC1CCC(C(F)(F)F)CC1. The maximum Gasteiger partial charge on any atom is 0.391 e. The van der Waals surface area contributed by atoms with Gasteiger partial charge in [0.25, 0.3) is 0 Å². The fourth-order valence-electron chi connectivity index (χ4n) is 1.79. The Labute approximate surface area is 75.2 Å². The highest BCUT2D eigenvalue weighted by molar-refractivity contribution is 4.76. The van der Waals surface area contributed by atoms with E-state index in [0.29, 0.717) is 19.4 Å². The van der Waals surface area contributed by atoms with Crippen LogP contribution in [0.25, 0.3) is 0 Å². The summed E-state index contributed by atoms with van der Waals surface area (Å²) in [7, 11) is 0. The van der Waals surface area contributed by atoms with Crippen LogP contribution in [0.2, 0.25) is 0 Å². The van der Waals surface area contributed by atoms with E-state index in [-0.39, 0.29) is 18.8 Å². The van der Waals surface area contributed by atoms with Gasteiger partial charge in [0.1, 0.15) is 0 Å². The Kier molecular flexibility index (Phi) is 3.55. The van der Waals surface area contributed by atoms with Crippen molar-refractivity contribution in [2.75, 3.05) is 6.61 Å². The zero-order valence-corrected chi connectivity index (χ0v) is 7.31. The van der Waals surface area contributed by atoms with Crippen molar-refractivity contribution in [2.45, 2.75) is 31.9 Å². The molecule has 0 saturated heterocycles. The van der Waals surface area contributed by atoms with Crippen LogP contribution >= 0.6 is 0 Å². The third kappa shape index (κ3) is 3.15. The van der Waals surface area contributed by atoms with Gasteiger partial charge in [-0.25, -0.2) is 5.90 Å². The van der Waals surface area contributed by atoms with E-state index in [1.807, 2.05) is 0 Å². The molecule has 0 aliphatic heterocycles. The summed E-state index contributed by atoms with van der Waals surface area (Å²) in [5.74, 6) is 3.96. The number of nitrogens with two attached hydrogens (primary N) is 1. The van der Waals surface area contributed by atoms with E-state index in [4.69, 9.17) is 5.90 Å². The summed E-state index contributed by atoms with van der Waals surface area (Å²) in [6.07, 6.45) is -2.44. The first-order valence-corrected chi connectivity index (χ1v) is 4.42. The third-order valence-electron chi connectivity index (χ3n) is 2.64. The first kappa shape index (κ1) is 10.8. The van der Waals surface area contributed by atoms with Crippen molar-refractivity contribution in [3.8, 4) is 0 Å². The molecule has 0 radical (unpaired) electrons. The van der Waals surface area contributed by atoms with Gasteiger partial charge >= 0.3 is 6.18 Å². The zero-order chi connectivity index (χ0) is 9.90. The molecule has 5 heteroatoms. The molecule has 0 aromatic rings. The molecule has 1 aliphatic rings. The maximum absolute atomic E-state index is 12.2. The largest absolute Gasteiger partial charge is 0.391 e. The third-order valence-corrected chi connectivity index (χ3v) is 2.64. The van der Waals surface area contributed by atoms with E-state index >= 15 is 0 Å². The van der Waals surface area contributed by atoms with Crippen LogP contribution in [0.3, 0.4) is 0 Å². The lowest BCUT2D eigenvalue weighted by Crippen LogP contribution is -2.29. The predicted molar refractivity (Wildman–Crippen MR) is 41.6 cm³/mol. The van der Waals surface area contributed by atoms with Gasteiger partial charge < -0.3 is 4.84 Å². The Morgan fingerprint density at radius 1 is 1.15 bits per heavy atom. The van der Waals surface area contributed by atoms with Crippen LogP contribution in [0.1, 0.15) is 25.7 Å². The average Bonchev–Trinajstić information content (AvgIpc) is 2.04. The van der Waals surface area contributed by atoms with Crippen molar-refractivity contribution in [1.29, 1.82) is 0 Å². The highest BCUT2D eigenvalue weighted by Crippen LogP contribution is 2.39. The van der Waals surface area contributed by atoms with Crippen LogP contribution in [-0.4, -0.2) is 12.8 Å². The predicted octanol–water partition coefficient (Wildman–Crippen LogP) is 2.25. The molecule has 0 atom stereocenters. The summed E-state index contributed by atoms with van der Waals surface area (Å²) in [5, 5.41) is 0. The molecular formula is C8H14F3NO. The van der Waals surface area contributed by atoms with E-state index < -0.39 is 12.1 Å². The van der Waals surface area contributed by atoms with Crippen LogP contribution in [0, 0.1) is 11.8 Å². The molecular weight excluding hydrogens is 183 g/mol. The summed E-state index contributed by atoms with van der Waals surface area (Å²) in [6.45, 7) is 0.380. The van der Waals surface area contributed by atoms with E-state index in [1.165, 1.54) is 0 Å². The van der Waals surface area contributed by atoms with Crippen molar-refractivity contribution in [3.05, 3.63) is 0 Å². The van der Waals surface area contributed by atoms with Gasteiger partial charge in [0.2, 0.25) is 0 Å². The molecule has 1 rings (SSSR count). The molecule has 2 N–H and O–H groups in total. The molecule has 0 heterocycles. The lowest BCUT2D eigenvalue weighted by atomic mass is 9.82. The summed E-state index contributed by atoms with van der Waals surface area (Å²) in [4.78, 5) is 4.42. The standard InChI is InChI=1S/C8H14F3NO/c9-8(10,11)7-3-1-6(2-4-7)5-13-12/h6-7H,1-5,12H2. The highest BCUT2D eigenvalue weighted by Gasteiger charge is 2.41. The quantitative estimate of drug-likeness (QED) is 0.689. The van der Waals surface area contributed by atoms with Gasteiger partial charge in [-0.05, 0) is 31.6 Å². The second kappa shape index (κ2) is 4.28. The van der Waals surface area contributed by atoms with Crippen LogP contribution in [-0.2, 0) is 4.84 Å². The van der Waals surface area contributed by atoms with Crippen molar-refractivity contribution in [2.24, 2.45) is 17.7 Å². The molecule has 1 aliphatic carbocycles. The fourth-order valence-corrected chi connectivity index (χ4v) is 1.79. The van der Waals surface area contributed by atoms with Crippen molar-refractivity contribution in [1.82, 2.24) is 0 Å². The summed E-state index contributed by atoms with van der Waals surface area (Å²) in [5.41, 5.74) is 0. The molecule has 0 bridgehead atoms. The van der Waals surface area contributed by atoms with E-state index in [0.717, 1.165) is 0 Å². The Morgan fingerprint density at radius 2 is 1.69 bits per heavy atom. The topological polar surface area (TPSA) is 35.2 Å². The monoisotopic (exact) mass is 197 g/mol. The van der Waals surface area contributed by atoms with Crippen LogP contribution in [0.15, 0.2) is 0 Å². The second-order valence-corrected chi connectivity index (χ2v) is 3.59. The number of hydrogen-bond acceptors (Lipinski definition) is 2. The van der Waals surface area contributed by atoms with Crippen LogP contribution < -0.4 is 5.90 Å². The minimum atomic E-state index is -4.02. The molecule has 0 unspecified atom stereocenters. The van der Waals surface area contributed by atoms with Crippen molar-refractivity contribution in [3.63, 3.8) is 0 Å². The number of rotatable bonds is 2. The first-order valence-electron chi connectivity index (χ1n) is 4.42. The molecule has 1 fully saturated rings. The van der Waals surface area contributed by atoms with Gasteiger partial charge in [0.05, 0.1) is 12.5 Å². The minimum absolute atomic E-state index is 0.212. The molecule has 78 valence electrons. The van der Waals surface area contributed by atoms with Crippen molar-refractivity contribution < 1.29 is 18.0 Å². The lowest BCUT2D eigenvalue weighted by Gasteiger charge is -2.29. The van der Waals surface area contributed by atoms with Gasteiger partial charge in [-0.1, -0.05) is 0 Å². The second-order valence-electron chi connectivity index (χ2n) is 3.59. The fraction of sp³-hybridized carbons (Fsp3) is 1.00. The van der Waals surface area contributed by atoms with Gasteiger partial charge in [-0.3, -0.25) is 0 Å². The zero-order valence-electron chi connectivity index (χ0n) is 7.31. The van der Waals surface area contributed by atoms with Gasteiger partial charge in [-0.2, -0.15) is 13.2 Å². The van der Waals surface area contributed by atoms with E-state index in [9.17, 15) is 13.2 Å². The van der Waals surface area contributed by atoms with Gasteiger partial charge in [0, 0.05) is 0 Å². The van der Waals surface area contributed by atoms with Crippen LogP contribution in [0.5, 0.6) is 0 Å². The lowest BCUT2D eigenvalue weighted by molar-refractivity contribution is -0.184. The Hall–Kier alpha value is -0.290. The molecule has 0 aromatic carbocycles. The summed E-state index contributed by atoms with van der Waals surface area (Å²) in [6, 6.07) is 0. The molecule has 0 amide bonds. The van der Waals surface area contributed by atoms with E-state index in [2.05, 4.69) is 4.84 Å². The maximum atomic E-state index is 12.2. The Morgan fingerprint density at radius 3 is 2.08 bits per heavy atom. The molecule has 13 heavy (non-hydrogen) atoms. The molecule has 0 spiro atoms. The van der Waals surface area contributed by atoms with E-state index in [1.54, 1.807) is 0 Å². The Balaban J connectivity index is 2.30. The van der Waals surface area contributed by atoms with Gasteiger partial charge in [0.15, 0.2) is 0 Å². The van der Waals surface area contributed by atoms with Crippen molar-refractivity contribution >= 4 is 0 Å². The molecule has 2 nitrogen and oxygen atoms in total. The summed E-state index contributed by atoms with van der Waals surface area (Å²) < 4.78 is 36.6. The first-order chi connectivity index (χ1) is 6.04. The molecule has 1 saturated carbocycles. The number of alkyl halides is 3. The average molecular weight is 197 g/mol. The molecule has 0 aromatic heterocycles. The summed E-state index contributed by atoms with van der Waals surface area (Å²) >= 11 is 0. The highest BCUT2D eigenvalue weighted by atomic mass is 19.4. The van der Waals surface area contributed by atoms with Crippen LogP contribution in [0.4, 0.5) is 13.2 Å². The van der Waals surface area contributed by atoms with Gasteiger partial charge in [-0.15, -0.1) is 0 Å².